The number of H-pyrrole nitrogens is 1. The number of benzene rings is 1. The predicted octanol–water partition coefficient (Wildman–Crippen LogP) is 0.847. The van der Waals surface area contributed by atoms with E-state index in [-0.39, 0.29) is 18.4 Å². The molecule has 116 valence electrons. The summed E-state index contributed by atoms with van der Waals surface area (Å²) < 4.78 is 1.17. The second-order valence-electron chi connectivity index (χ2n) is 5.06. The number of aromatic nitrogens is 2. The maximum atomic E-state index is 11.9. The number of nitrogens with one attached hydrogen (secondary N) is 2. The molecule has 2 rings (SSSR count). The van der Waals surface area contributed by atoms with Crippen LogP contribution in [-0.2, 0) is 11.3 Å². The molecule has 0 fully saturated rings. The Morgan fingerprint density at radius 2 is 1.95 bits per heavy atom. The molecule has 22 heavy (non-hydrogen) atoms. The molecule has 0 spiro atoms. The molecule has 0 saturated heterocycles. The molecular weight excluding hydrogens is 282 g/mol. The Morgan fingerprint density at radius 3 is 2.59 bits per heavy atom. The quantitative estimate of drug-likeness (QED) is 0.829. The van der Waals surface area contributed by atoms with Crippen molar-refractivity contribution in [3.05, 3.63) is 69.0 Å². The van der Waals surface area contributed by atoms with Crippen LogP contribution in [0.5, 0.6) is 0 Å². The van der Waals surface area contributed by atoms with Gasteiger partial charge in [-0.2, -0.15) is 0 Å². The normalized spacial score (nSPS) is 11.9. The Labute approximate surface area is 127 Å². The van der Waals surface area contributed by atoms with Crippen LogP contribution in [0.1, 0.15) is 24.8 Å². The largest absolute Gasteiger partial charge is 0.354 e. The molecule has 1 heterocycles. The zero-order valence-corrected chi connectivity index (χ0v) is 12.4. The molecule has 0 radical (unpaired) electrons. The number of rotatable bonds is 6. The summed E-state index contributed by atoms with van der Waals surface area (Å²) >= 11 is 0. The third-order valence-corrected chi connectivity index (χ3v) is 3.52. The summed E-state index contributed by atoms with van der Waals surface area (Å²) in [5.41, 5.74) is 0.112. The molecule has 0 bridgehead atoms. The summed E-state index contributed by atoms with van der Waals surface area (Å²) in [5, 5.41) is 2.83. The summed E-state index contributed by atoms with van der Waals surface area (Å²) in [6, 6.07) is 11.2. The fourth-order valence-electron chi connectivity index (χ4n) is 2.24. The molecule has 0 saturated carbocycles. The molecule has 0 unspecified atom stereocenters. The van der Waals surface area contributed by atoms with E-state index >= 15 is 0 Å². The zero-order valence-electron chi connectivity index (χ0n) is 12.4. The van der Waals surface area contributed by atoms with Gasteiger partial charge in [-0.3, -0.25) is 19.1 Å². The highest BCUT2D eigenvalue weighted by atomic mass is 16.2. The van der Waals surface area contributed by atoms with Crippen LogP contribution in [0.4, 0.5) is 0 Å². The highest BCUT2D eigenvalue weighted by Gasteiger charge is 2.11. The molecule has 1 amide bonds. The molecule has 0 aliphatic rings. The maximum Gasteiger partial charge on any atom is 0.328 e. The van der Waals surface area contributed by atoms with Crippen molar-refractivity contribution in [3.63, 3.8) is 0 Å². The minimum Gasteiger partial charge on any atom is -0.354 e. The second-order valence-corrected chi connectivity index (χ2v) is 5.06. The SMILES string of the molecule is CC[C@@H](CNC(=O)Cn1ccc(=O)[nH]c1=O)c1ccccc1. The number of nitrogens with zero attached hydrogens (tertiary/aromatic N) is 1. The second kappa shape index (κ2) is 7.40. The lowest BCUT2D eigenvalue weighted by Gasteiger charge is -2.16. The molecule has 0 aliphatic carbocycles. The number of aromatic amines is 1. The number of carbonyl (C=O) groups excluding carboxylic acids is 1. The van der Waals surface area contributed by atoms with Crippen molar-refractivity contribution in [1.82, 2.24) is 14.9 Å². The van der Waals surface area contributed by atoms with Crippen LogP contribution >= 0.6 is 0 Å². The number of carbonyl (C=O) groups is 1. The molecule has 1 aromatic carbocycles. The van der Waals surface area contributed by atoms with Crippen LogP contribution < -0.4 is 16.6 Å². The maximum absolute atomic E-state index is 11.9. The first kappa shape index (κ1) is 15.8. The fraction of sp³-hybridized carbons (Fsp3) is 0.312. The van der Waals surface area contributed by atoms with Gasteiger partial charge in [0.05, 0.1) is 0 Å². The van der Waals surface area contributed by atoms with Gasteiger partial charge in [0.15, 0.2) is 0 Å². The standard InChI is InChI=1S/C16H19N3O3/c1-2-12(13-6-4-3-5-7-13)10-17-15(21)11-19-9-8-14(20)18-16(19)22/h3-9,12H,2,10-11H2,1H3,(H,17,21)(H,18,20,22)/t12-/m0/s1. The molecule has 6 heteroatoms. The van der Waals surface area contributed by atoms with Gasteiger partial charge in [-0.15, -0.1) is 0 Å². The molecule has 2 aromatic rings. The van der Waals surface area contributed by atoms with E-state index in [0.717, 1.165) is 6.42 Å². The average molecular weight is 301 g/mol. The first-order valence-corrected chi connectivity index (χ1v) is 7.21. The molecule has 6 nitrogen and oxygen atoms in total. The number of amides is 1. The molecule has 0 aliphatic heterocycles. The Morgan fingerprint density at radius 1 is 1.23 bits per heavy atom. The Hall–Kier alpha value is -2.63. The number of hydrogen-bond donors (Lipinski definition) is 2. The van der Waals surface area contributed by atoms with Crippen molar-refractivity contribution < 1.29 is 4.79 Å². The highest BCUT2D eigenvalue weighted by Crippen LogP contribution is 2.17. The lowest BCUT2D eigenvalue weighted by atomic mass is 9.96. The van der Waals surface area contributed by atoms with E-state index in [9.17, 15) is 14.4 Å². The van der Waals surface area contributed by atoms with Gasteiger partial charge in [0.25, 0.3) is 5.56 Å². The van der Waals surface area contributed by atoms with Crippen LogP contribution in [-0.4, -0.2) is 22.0 Å². The van der Waals surface area contributed by atoms with Gasteiger partial charge >= 0.3 is 5.69 Å². The Kier molecular flexibility index (Phi) is 5.30. The summed E-state index contributed by atoms with van der Waals surface area (Å²) in [5.74, 6) is -0.0269. The average Bonchev–Trinajstić information content (AvgIpc) is 2.52. The van der Waals surface area contributed by atoms with Gasteiger partial charge in [-0.1, -0.05) is 37.3 Å². The van der Waals surface area contributed by atoms with E-state index in [4.69, 9.17) is 0 Å². The molecular formula is C16H19N3O3. The van der Waals surface area contributed by atoms with Gasteiger partial charge in [0, 0.05) is 24.7 Å². The van der Waals surface area contributed by atoms with E-state index in [2.05, 4.69) is 17.2 Å². The van der Waals surface area contributed by atoms with Crippen molar-refractivity contribution in [2.24, 2.45) is 0 Å². The fourth-order valence-corrected chi connectivity index (χ4v) is 2.24. The topological polar surface area (TPSA) is 84.0 Å². The van der Waals surface area contributed by atoms with Crippen LogP contribution in [0.15, 0.2) is 52.2 Å². The number of hydrogen-bond acceptors (Lipinski definition) is 3. The summed E-state index contributed by atoms with van der Waals surface area (Å²) in [6.45, 7) is 2.47. The first-order chi connectivity index (χ1) is 10.6. The van der Waals surface area contributed by atoms with E-state index in [1.807, 2.05) is 30.3 Å². The first-order valence-electron chi connectivity index (χ1n) is 7.21. The van der Waals surface area contributed by atoms with Gasteiger partial charge < -0.3 is 5.32 Å². The van der Waals surface area contributed by atoms with Gasteiger partial charge in [0.1, 0.15) is 6.54 Å². The summed E-state index contributed by atoms with van der Waals surface area (Å²) in [7, 11) is 0. The predicted molar refractivity (Wildman–Crippen MR) is 83.8 cm³/mol. The smallest absolute Gasteiger partial charge is 0.328 e. The molecule has 1 atom stereocenters. The van der Waals surface area contributed by atoms with Crippen LogP contribution in [0.2, 0.25) is 0 Å². The third-order valence-electron chi connectivity index (χ3n) is 3.52. The van der Waals surface area contributed by atoms with Crippen molar-refractivity contribution in [1.29, 1.82) is 0 Å². The van der Waals surface area contributed by atoms with E-state index < -0.39 is 11.2 Å². The van der Waals surface area contributed by atoms with E-state index in [1.165, 1.54) is 22.4 Å². The van der Waals surface area contributed by atoms with Crippen molar-refractivity contribution >= 4 is 5.91 Å². The monoisotopic (exact) mass is 301 g/mol. The van der Waals surface area contributed by atoms with Crippen LogP contribution in [0.3, 0.4) is 0 Å². The molecule has 2 N–H and O–H groups in total. The minimum absolute atomic E-state index is 0.110. The van der Waals surface area contributed by atoms with Crippen LogP contribution in [0, 0.1) is 0 Å². The van der Waals surface area contributed by atoms with Gasteiger partial charge in [0.2, 0.25) is 5.91 Å². The lowest BCUT2D eigenvalue weighted by Crippen LogP contribution is -2.36. The van der Waals surface area contributed by atoms with Crippen molar-refractivity contribution in [2.75, 3.05) is 6.54 Å². The van der Waals surface area contributed by atoms with Crippen LogP contribution in [0.25, 0.3) is 0 Å². The minimum atomic E-state index is -0.585. The Bertz CT molecular complexity index is 734. The zero-order chi connectivity index (χ0) is 15.9. The highest BCUT2D eigenvalue weighted by molar-refractivity contribution is 5.75. The summed E-state index contributed by atoms with van der Waals surface area (Å²) in [4.78, 5) is 36.5. The van der Waals surface area contributed by atoms with Gasteiger partial charge in [-0.05, 0) is 12.0 Å². The van der Waals surface area contributed by atoms with Crippen molar-refractivity contribution in [2.45, 2.75) is 25.8 Å². The van der Waals surface area contributed by atoms with Crippen molar-refractivity contribution in [3.8, 4) is 0 Å². The Balaban J connectivity index is 1.94. The summed E-state index contributed by atoms with van der Waals surface area (Å²) in [6.07, 6.45) is 2.22. The van der Waals surface area contributed by atoms with E-state index in [0.29, 0.717) is 6.54 Å². The van der Waals surface area contributed by atoms with Gasteiger partial charge in [-0.25, -0.2) is 4.79 Å². The lowest BCUT2D eigenvalue weighted by molar-refractivity contribution is -0.121. The third kappa shape index (κ3) is 4.18. The van der Waals surface area contributed by atoms with E-state index in [1.54, 1.807) is 0 Å². The molecule has 1 aromatic heterocycles.